The van der Waals surface area contributed by atoms with E-state index in [4.69, 9.17) is 0 Å². The molecule has 0 spiro atoms. The van der Waals surface area contributed by atoms with Crippen molar-refractivity contribution < 1.29 is 9.59 Å². The molecule has 0 amide bonds. The molecule has 1 aliphatic rings. The molecule has 0 bridgehead atoms. The molecule has 21 heavy (non-hydrogen) atoms. The summed E-state index contributed by atoms with van der Waals surface area (Å²) in [7, 11) is 0. The van der Waals surface area contributed by atoms with E-state index in [1.807, 2.05) is 0 Å². The summed E-state index contributed by atoms with van der Waals surface area (Å²) in [5.41, 5.74) is 1.32. The van der Waals surface area contributed by atoms with Gasteiger partial charge >= 0.3 is 0 Å². The Bertz CT molecular complexity index is 632. The summed E-state index contributed by atoms with van der Waals surface area (Å²) in [6.45, 7) is 2.71. The van der Waals surface area contributed by atoms with Gasteiger partial charge in [0.15, 0.2) is 5.78 Å². The van der Waals surface area contributed by atoms with Crippen molar-refractivity contribution in [2.75, 3.05) is 6.54 Å². The highest BCUT2D eigenvalue weighted by Gasteiger charge is 2.24. The molecule has 108 valence electrons. The molecule has 2 rings (SSSR count). The number of nitrogens with one attached hydrogen (secondary N) is 1. The standard InChI is InChI=1S/C18H19NO2/c1-2-3-4-5-6-9-12-19-16-13-17(20)14-10-7-8-11-15(14)18(16)21/h7-8,10-11,13,19H,2-4,9,12H2,1H3. The molecule has 0 unspecified atom stereocenters. The highest BCUT2D eigenvalue weighted by atomic mass is 16.1. The number of rotatable bonds is 5. The van der Waals surface area contributed by atoms with Crippen molar-refractivity contribution in [2.24, 2.45) is 0 Å². The molecular formula is C18H19NO2. The second-order valence-corrected chi connectivity index (χ2v) is 4.93. The lowest BCUT2D eigenvalue weighted by molar-refractivity contribution is 0.0978. The maximum Gasteiger partial charge on any atom is 0.209 e. The van der Waals surface area contributed by atoms with E-state index in [9.17, 15) is 9.59 Å². The minimum atomic E-state index is -0.123. The van der Waals surface area contributed by atoms with Crippen LogP contribution >= 0.6 is 0 Å². The van der Waals surface area contributed by atoms with Gasteiger partial charge in [0.1, 0.15) is 0 Å². The molecule has 0 heterocycles. The van der Waals surface area contributed by atoms with Gasteiger partial charge in [-0.15, -0.1) is 11.8 Å². The first-order valence-electron chi connectivity index (χ1n) is 7.33. The summed E-state index contributed by atoms with van der Waals surface area (Å²) in [4.78, 5) is 24.2. The number of ketones is 2. The summed E-state index contributed by atoms with van der Waals surface area (Å²) in [6.07, 6.45) is 5.24. The predicted molar refractivity (Wildman–Crippen MR) is 83.1 cm³/mol. The number of fused-ring (bicyclic) bond motifs is 1. The van der Waals surface area contributed by atoms with Gasteiger partial charge in [0.2, 0.25) is 5.78 Å². The van der Waals surface area contributed by atoms with Gasteiger partial charge in [-0.3, -0.25) is 9.59 Å². The second-order valence-electron chi connectivity index (χ2n) is 4.93. The van der Waals surface area contributed by atoms with Crippen LogP contribution in [0.5, 0.6) is 0 Å². The summed E-state index contributed by atoms with van der Waals surface area (Å²) in [5, 5.41) is 3.02. The fraction of sp³-hybridized carbons (Fsp3) is 0.333. The Labute approximate surface area is 125 Å². The Morgan fingerprint density at radius 3 is 2.52 bits per heavy atom. The molecule has 3 nitrogen and oxygen atoms in total. The van der Waals surface area contributed by atoms with Gasteiger partial charge in [-0.25, -0.2) is 0 Å². The third-order valence-electron chi connectivity index (χ3n) is 3.30. The lowest BCUT2D eigenvalue weighted by Crippen LogP contribution is -2.27. The molecule has 1 aromatic carbocycles. The number of hydrogen-bond acceptors (Lipinski definition) is 3. The predicted octanol–water partition coefficient (Wildman–Crippen LogP) is 3.12. The molecule has 1 aliphatic carbocycles. The van der Waals surface area contributed by atoms with Crippen LogP contribution in [0.3, 0.4) is 0 Å². The second kappa shape index (κ2) is 7.44. The Balaban J connectivity index is 1.92. The Kier molecular flexibility index (Phi) is 5.34. The van der Waals surface area contributed by atoms with Crippen LogP contribution in [0.25, 0.3) is 0 Å². The van der Waals surface area contributed by atoms with Crippen LogP contribution in [-0.4, -0.2) is 18.1 Å². The molecule has 1 aromatic rings. The average Bonchev–Trinajstić information content (AvgIpc) is 2.51. The fourth-order valence-corrected chi connectivity index (χ4v) is 2.15. The van der Waals surface area contributed by atoms with E-state index in [0.29, 0.717) is 29.8 Å². The quantitative estimate of drug-likeness (QED) is 0.666. The monoisotopic (exact) mass is 281 g/mol. The van der Waals surface area contributed by atoms with Crippen LogP contribution in [0, 0.1) is 11.8 Å². The van der Waals surface area contributed by atoms with Crippen molar-refractivity contribution >= 4 is 11.6 Å². The zero-order valence-electron chi connectivity index (χ0n) is 12.2. The van der Waals surface area contributed by atoms with Crippen LogP contribution < -0.4 is 5.32 Å². The SMILES string of the molecule is CCCCC#CCCNC1=CC(=O)c2ccccc2C1=O. The van der Waals surface area contributed by atoms with E-state index in [1.54, 1.807) is 24.3 Å². The highest BCUT2D eigenvalue weighted by Crippen LogP contribution is 2.19. The normalized spacial score (nSPS) is 13.1. The molecule has 3 heteroatoms. The van der Waals surface area contributed by atoms with Crippen molar-refractivity contribution in [2.45, 2.75) is 32.6 Å². The van der Waals surface area contributed by atoms with E-state index < -0.39 is 0 Å². The van der Waals surface area contributed by atoms with Crippen LogP contribution in [0.4, 0.5) is 0 Å². The lowest BCUT2D eigenvalue weighted by atomic mass is 9.93. The van der Waals surface area contributed by atoms with Crippen molar-refractivity contribution in [1.82, 2.24) is 5.32 Å². The molecule has 1 N–H and O–H groups in total. The van der Waals surface area contributed by atoms with Crippen molar-refractivity contribution in [1.29, 1.82) is 0 Å². The van der Waals surface area contributed by atoms with Crippen molar-refractivity contribution in [3.63, 3.8) is 0 Å². The molecular weight excluding hydrogens is 262 g/mol. The summed E-state index contributed by atoms with van der Waals surface area (Å²) < 4.78 is 0. The van der Waals surface area contributed by atoms with Crippen LogP contribution in [-0.2, 0) is 0 Å². The summed E-state index contributed by atoms with van der Waals surface area (Å²) in [6, 6.07) is 6.91. The maximum atomic E-state index is 12.2. The summed E-state index contributed by atoms with van der Waals surface area (Å²) >= 11 is 0. The third kappa shape index (κ3) is 3.82. The Hall–Kier alpha value is -2.34. The smallest absolute Gasteiger partial charge is 0.209 e. The average molecular weight is 281 g/mol. The number of hydrogen-bond donors (Lipinski definition) is 1. The first-order chi connectivity index (χ1) is 10.2. The minimum Gasteiger partial charge on any atom is -0.381 e. The van der Waals surface area contributed by atoms with Gasteiger partial charge in [-0.2, -0.15) is 0 Å². The number of benzene rings is 1. The number of unbranched alkanes of at least 4 members (excludes halogenated alkanes) is 2. The zero-order valence-corrected chi connectivity index (χ0v) is 12.2. The molecule has 0 aromatic heterocycles. The van der Waals surface area contributed by atoms with E-state index in [1.165, 1.54) is 6.08 Å². The van der Waals surface area contributed by atoms with E-state index >= 15 is 0 Å². The number of carbonyl (C=O) groups is 2. The molecule has 0 saturated heterocycles. The number of carbonyl (C=O) groups excluding carboxylic acids is 2. The van der Waals surface area contributed by atoms with Crippen LogP contribution in [0.1, 0.15) is 53.3 Å². The molecule has 0 fully saturated rings. The van der Waals surface area contributed by atoms with Gasteiger partial charge in [-0.05, 0) is 6.42 Å². The van der Waals surface area contributed by atoms with Crippen LogP contribution in [0.2, 0.25) is 0 Å². The Morgan fingerprint density at radius 1 is 1.05 bits per heavy atom. The largest absolute Gasteiger partial charge is 0.381 e. The van der Waals surface area contributed by atoms with Gasteiger partial charge in [-0.1, -0.05) is 37.6 Å². The fourth-order valence-electron chi connectivity index (χ4n) is 2.15. The lowest BCUT2D eigenvalue weighted by Gasteiger charge is -2.15. The first-order valence-corrected chi connectivity index (χ1v) is 7.33. The molecule has 0 aliphatic heterocycles. The van der Waals surface area contributed by atoms with Crippen molar-refractivity contribution in [3.05, 3.63) is 47.2 Å². The first kappa shape index (κ1) is 15.1. The number of Topliss-reactive ketones (excluding diaryl/α,β-unsaturated/α-hetero) is 1. The van der Waals surface area contributed by atoms with Gasteiger partial charge in [0.25, 0.3) is 0 Å². The highest BCUT2D eigenvalue weighted by molar-refractivity contribution is 6.24. The minimum absolute atomic E-state index is 0.121. The number of allylic oxidation sites excluding steroid dienone is 2. The van der Waals surface area contributed by atoms with Crippen molar-refractivity contribution in [3.8, 4) is 11.8 Å². The third-order valence-corrected chi connectivity index (χ3v) is 3.30. The topological polar surface area (TPSA) is 46.2 Å². The maximum absolute atomic E-state index is 12.2. The molecule has 0 atom stereocenters. The van der Waals surface area contributed by atoms with Gasteiger partial charge in [0, 0.05) is 36.6 Å². The summed E-state index contributed by atoms with van der Waals surface area (Å²) in [5.74, 6) is 5.92. The molecule has 0 radical (unpaired) electrons. The van der Waals surface area contributed by atoms with Gasteiger partial charge in [0.05, 0.1) is 5.70 Å². The van der Waals surface area contributed by atoms with E-state index in [0.717, 1.165) is 19.3 Å². The van der Waals surface area contributed by atoms with E-state index in [2.05, 4.69) is 24.1 Å². The van der Waals surface area contributed by atoms with E-state index in [-0.39, 0.29) is 11.6 Å². The van der Waals surface area contributed by atoms with Gasteiger partial charge < -0.3 is 5.32 Å². The zero-order chi connectivity index (χ0) is 15.1. The van der Waals surface area contributed by atoms with Crippen LogP contribution in [0.15, 0.2) is 36.0 Å². The Morgan fingerprint density at radius 2 is 1.76 bits per heavy atom. The molecule has 0 saturated carbocycles.